The van der Waals surface area contributed by atoms with Gasteiger partial charge in [-0.1, -0.05) is 70.4 Å². The second-order valence-corrected chi connectivity index (χ2v) is 7.71. The Bertz CT molecular complexity index is 578. The summed E-state index contributed by atoms with van der Waals surface area (Å²) < 4.78 is 5.18. The van der Waals surface area contributed by atoms with Gasteiger partial charge in [-0.05, 0) is 50.3 Å². The number of carbonyl (C=O) groups excluding carboxylic acids is 1. The van der Waals surface area contributed by atoms with Crippen LogP contribution in [0.15, 0.2) is 30.4 Å². The number of carbonyl (C=O) groups is 1. The van der Waals surface area contributed by atoms with Crippen molar-refractivity contribution in [2.45, 2.75) is 96.8 Å². The molecular weight excluding hydrogens is 369 g/mol. The molecule has 1 rings (SSSR count). The molecule has 0 unspecified atom stereocenters. The van der Waals surface area contributed by atoms with Crippen molar-refractivity contribution >= 4 is 11.5 Å². The molecule has 160 valence electrons. The Morgan fingerprint density at radius 3 is 2.07 bits per heavy atom. The van der Waals surface area contributed by atoms with Gasteiger partial charge in [-0.3, -0.25) is 4.79 Å². The van der Waals surface area contributed by atoms with Crippen LogP contribution in [0.1, 0.15) is 109 Å². The number of methoxy groups -OCH3 is 1. The Morgan fingerprint density at radius 2 is 1.48 bits per heavy atom. The van der Waals surface area contributed by atoms with Gasteiger partial charge in [0.1, 0.15) is 5.75 Å². The Labute approximate surface area is 202 Å². The van der Waals surface area contributed by atoms with E-state index < -0.39 is 0 Å². The second kappa shape index (κ2) is 19.2. The third-order valence-electron chi connectivity index (χ3n) is 5.23. The van der Waals surface area contributed by atoms with Gasteiger partial charge in [0.15, 0.2) is 5.78 Å². The number of nitrogens with two attached hydrogens (primary N) is 1. The van der Waals surface area contributed by atoms with E-state index >= 15 is 0 Å². The van der Waals surface area contributed by atoms with Gasteiger partial charge in [0.2, 0.25) is 0 Å². The maximum absolute atomic E-state index is 12.3. The number of ketones is 1. The Morgan fingerprint density at radius 1 is 0.931 bits per heavy atom. The summed E-state index contributed by atoms with van der Waals surface area (Å²) in [6.07, 6.45) is 21.7. The van der Waals surface area contributed by atoms with Crippen LogP contribution in [0.4, 0.5) is 5.69 Å². The van der Waals surface area contributed by atoms with E-state index in [1.807, 2.05) is 0 Å². The molecule has 0 amide bonds. The van der Waals surface area contributed by atoms with Gasteiger partial charge in [0, 0.05) is 17.7 Å². The normalized spacial score (nSPS) is 10.8. The van der Waals surface area contributed by atoms with Crippen LogP contribution in [0.2, 0.25) is 0 Å². The zero-order valence-corrected chi connectivity index (χ0v) is 21.2. The van der Waals surface area contributed by atoms with Gasteiger partial charge in [-0.15, -0.1) is 0 Å². The van der Waals surface area contributed by atoms with Crippen molar-refractivity contribution in [3.8, 4) is 5.75 Å². The van der Waals surface area contributed by atoms with Gasteiger partial charge < -0.3 is 11.9 Å². The molecule has 0 atom stereocenters. The molecule has 0 aliphatic rings. The quantitative estimate of drug-likeness (QED) is 0.134. The third-order valence-corrected chi connectivity index (χ3v) is 5.23. The summed E-state index contributed by atoms with van der Waals surface area (Å²) in [4.78, 5) is 12.3. The van der Waals surface area contributed by atoms with Crippen molar-refractivity contribution in [3.05, 3.63) is 35.9 Å². The van der Waals surface area contributed by atoms with Gasteiger partial charge in [-0.2, -0.15) is 0 Å². The van der Waals surface area contributed by atoms with E-state index in [4.69, 9.17) is 10.5 Å². The van der Waals surface area contributed by atoms with Crippen LogP contribution in [-0.4, -0.2) is 12.9 Å². The predicted octanol–water partition coefficient (Wildman–Crippen LogP) is 4.61. The SMILES string of the molecule is CCCCCCCC/C=C\CCCCCCCC(=O)c1cc(OC)ccc1N.[H-].[Na+]. The number of ether oxygens (including phenoxy) is 1. The van der Waals surface area contributed by atoms with Crippen molar-refractivity contribution in [3.63, 3.8) is 0 Å². The van der Waals surface area contributed by atoms with Gasteiger partial charge in [0.05, 0.1) is 7.11 Å². The van der Waals surface area contributed by atoms with E-state index in [1.165, 1.54) is 70.6 Å². The van der Waals surface area contributed by atoms with Crippen LogP contribution >= 0.6 is 0 Å². The predicted molar refractivity (Wildman–Crippen MR) is 122 cm³/mol. The summed E-state index contributed by atoms with van der Waals surface area (Å²) in [6, 6.07) is 5.27. The molecule has 2 N–H and O–H groups in total. The third kappa shape index (κ3) is 14.0. The molecule has 0 bridgehead atoms. The minimum absolute atomic E-state index is 0. The van der Waals surface area contributed by atoms with Crippen molar-refractivity contribution < 1.29 is 40.5 Å². The number of Topliss-reactive ketones (excluding diaryl/α,β-unsaturated/α-hetero) is 1. The molecule has 4 heteroatoms. The molecule has 3 nitrogen and oxygen atoms in total. The van der Waals surface area contributed by atoms with E-state index in [9.17, 15) is 4.79 Å². The zero-order valence-electron chi connectivity index (χ0n) is 20.2. The molecule has 1 aromatic rings. The Balaban J connectivity index is 0. The summed E-state index contributed by atoms with van der Waals surface area (Å²) in [5, 5.41) is 0. The maximum atomic E-state index is 12.3. The summed E-state index contributed by atoms with van der Waals surface area (Å²) in [6.45, 7) is 2.26. The molecule has 1 aromatic carbocycles. The number of hydrogen-bond donors (Lipinski definition) is 1. The summed E-state index contributed by atoms with van der Waals surface area (Å²) in [7, 11) is 1.60. The number of rotatable bonds is 17. The first-order valence-corrected chi connectivity index (χ1v) is 11.3. The van der Waals surface area contributed by atoms with Crippen molar-refractivity contribution in [2.75, 3.05) is 12.8 Å². The van der Waals surface area contributed by atoms with Gasteiger partial charge >= 0.3 is 29.6 Å². The first-order chi connectivity index (χ1) is 13.7. The van der Waals surface area contributed by atoms with Crippen LogP contribution in [0, 0.1) is 0 Å². The minimum Gasteiger partial charge on any atom is -1.00 e. The molecule has 0 saturated heterocycles. The number of anilines is 1. The smallest absolute Gasteiger partial charge is 1.00 e. The largest absolute Gasteiger partial charge is 1.00 e. The summed E-state index contributed by atoms with van der Waals surface area (Å²) in [5.74, 6) is 0.802. The van der Waals surface area contributed by atoms with E-state index in [0.717, 1.165) is 12.8 Å². The van der Waals surface area contributed by atoms with Crippen LogP contribution in [-0.2, 0) is 0 Å². The molecular formula is C25H42NNaO2. The van der Waals surface area contributed by atoms with Crippen molar-refractivity contribution in [1.29, 1.82) is 0 Å². The fraction of sp³-hybridized carbons (Fsp3) is 0.640. The molecule has 0 aliphatic heterocycles. The molecule has 0 heterocycles. The number of unbranched alkanes of at least 4 members (excludes halogenated alkanes) is 11. The standard InChI is InChI=1S/C25H41NO2.Na.H/c1-3-4-5-6-7-8-9-10-11-12-13-14-15-16-17-18-25(27)23-21-22(28-2)19-20-24(23)26;;/h10-11,19-21H,3-9,12-18,26H2,1-2H3;;/q;+1;-1/b11-10-;;. The van der Waals surface area contributed by atoms with Crippen LogP contribution in [0.25, 0.3) is 0 Å². The monoisotopic (exact) mass is 411 g/mol. The van der Waals surface area contributed by atoms with Crippen LogP contribution in [0.3, 0.4) is 0 Å². The number of hydrogen-bond acceptors (Lipinski definition) is 3. The molecule has 0 spiro atoms. The average molecular weight is 412 g/mol. The van der Waals surface area contributed by atoms with Crippen LogP contribution < -0.4 is 40.0 Å². The Hall–Kier alpha value is -0.770. The van der Waals surface area contributed by atoms with E-state index in [-0.39, 0.29) is 36.8 Å². The first-order valence-electron chi connectivity index (χ1n) is 11.3. The average Bonchev–Trinajstić information content (AvgIpc) is 2.71. The summed E-state index contributed by atoms with van der Waals surface area (Å²) in [5.41, 5.74) is 7.05. The second-order valence-electron chi connectivity index (χ2n) is 7.71. The molecule has 0 fully saturated rings. The fourth-order valence-corrected chi connectivity index (χ4v) is 3.39. The maximum Gasteiger partial charge on any atom is 1.00 e. The zero-order chi connectivity index (χ0) is 20.5. The summed E-state index contributed by atoms with van der Waals surface area (Å²) >= 11 is 0. The fourth-order valence-electron chi connectivity index (χ4n) is 3.39. The minimum atomic E-state index is 0. The molecule has 0 radical (unpaired) electrons. The number of benzene rings is 1. The van der Waals surface area contributed by atoms with Crippen molar-refractivity contribution in [2.24, 2.45) is 0 Å². The van der Waals surface area contributed by atoms with E-state index in [1.54, 1.807) is 25.3 Å². The van der Waals surface area contributed by atoms with Crippen molar-refractivity contribution in [1.82, 2.24) is 0 Å². The van der Waals surface area contributed by atoms with Gasteiger partial charge in [0.25, 0.3) is 0 Å². The van der Waals surface area contributed by atoms with E-state index in [0.29, 0.717) is 23.4 Å². The van der Waals surface area contributed by atoms with E-state index in [2.05, 4.69) is 19.1 Å². The Kier molecular flexibility index (Phi) is 18.7. The van der Waals surface area contributed by atoms with Gasteiger partial charge in [-0.25, -0.2) is 0 Å². The molecule has 0 aromatic heterocycles. The topological polar surface area (TPSA) is 52.3 Å². The first kappa shape index (κ1) is 28.2. The number of nitrogen functional groups attached to an aromatic ring is 1. The molecule has 29 heavy (non-hydrogen) atoms. The number of allylic oxidation sites excluding steroid dienone is 2. The molecule has 0 aliphatic carbocycles. The van der Waals surface area contributed by atoms with Crippen LogP contribution in [0.5, 0.6) is 5.75 Å². The molecule has 0 saturated carbocycles.